The van der Waals surface area contributed by atoms with Gasteiger partial charge in [0, 0.05) is 55.2 Å². The van der Waals surface area contributed by atoms with Crippen LogP contribution in [0.25, 0.3) is 0 Å². The van der Waals surface area contributed by atoms with Gasteiger partial charge in [0.1, 0.15) is 11.8 Å². The van der Waals surface area contributed by atoms with Gasteiger partial charge in [-0.15, -0.1) is 0 Å². The van der Waals surface area contributed by atoms with Crippen LogP contribution in [-0.2, 0) is 14.3 Å². The van der Waals surface area contributed by atoms with Crippen molar-refractivity contribution < 1.29 is 23.9 Å². The molecule has 3 aliphatic rings. The van der Waals surface area contributed by atoms with E-state index in [1.807, 2.05) is 25.1 Å². The molecule has 3 amide bonds. The number of aryl methyl sites for hydroxylation is 1. The molecule has 2 aromatic carbocycles. The van der Waals surface area contributed by atoms with Gasteiger partial charge in [0.05, 0.1) is 12.7 Å². The first-order valence-corrected chi connectivity index (χ1v) is 13.2. The van der Waals surface area contributed by atoms with Crippen LogP contribution in [0.3, 0.4) is 0 Å². The van der Waals surface area contributed by atoms with Crippen LogP contribution < -0.4 is 5.32 Å². The van der Waals surface area contributed by atoms with Gasteiger partial charge < -0.3 is 19.7 Å². The average molecular weight is 526 g/mol. The molecule has 0 aromatic heterocycles. The lowest BCUT2D eigenvalue weighted by Gasteiger charge is -2.44. The SMILES string of the molecule is Cc1ccccc1C(=O)N1[C@@H](C(=O)NC[C@H]2CCCO2)COC12CCN(C(=O)c1cccc(Cl)c1)CC2. The molecule has 5 rings (SSSR count). The molecule has 0 unspecified atom stereocenters. The van der Waals surface area contributed by atoms with Crippen LogP contribution in [0.5, 0.6) is 0 Å². The molecule has 9 heteroatoms. The molecule has 3 saturated heterocycles. The van der Waals surface area contributed by atoms with Crippen LogP contribution in [-0.4, -0.2) is 78.2 Å². The Labute approximate surface area is 221 Å². The summed E-state index contributed by atoms with van der Waals surface area (Å²) >= 11 is 6.08. The molecule has 3 heterocycles. The third-order valence-corrected chi connectivity index (χ3v) is 7.82. The summed E-state index contributed by atoms with van der Waals surface area (Å²) < 4.78 is 11.9. The van der Waals surface area contributed by atoms with Crippen molar-refractivity contribution in [3.8, 4) is 0 Å². The second-order valence-corrected chi connectivity index (χ2v) is 10.4. The first-order valence-electron chi connectivity index (χ1n) is 12.9. The van der Waals surface area contributed by atoms with E-state index in [0.29, 0.717) is 55.2 Å². The molecule has 0 aliphatic carbocycles. The summed E-state index contributed by atoms with van der Waals surface area (Å²) in [6, 6.07) is 13.5. The van der Waals surface area contributed by atoms with E-state index < -0.39 is 11.8 Å². The van der Waals surface area contributed by atoms with Crippen molar-refractivity contribution in [2.45, 2.75) is 50.5 Å². The number of hydrogen-bond acceptors (Lipinski definition) is 5. The molecule has 37 heavy (non-hydrogen) atoms. The highest BCUT2D eigenvalue weighted by molar-refractivity contribution is 6.30. The zero-order valence-electron chi connectivity index (χ0n) is 21.0. The van der Waals surface area contributed by atoms with Gasteiger partial charge in [-0.3, -0.25) is 19.3 Å². The van der Waals surface area contributed by atoms with Crippen molar-refractivity contribution in [1.29, 1.82) is 0 Å². The predicted molar refractivity (Wildman–Crippen MR) is 138 cm³/mol. The Morgan fingerprint density at radius 3 is 2.57 bits per heavy atom. The molecule has 1 spiro atoms. The number of nitrogens with zero attached hydrogens (tertiary/aromatic N) is 2. The van der Waals surface area contributed by atoms with Crippen molar-refractivity contribution in [3.05, 3.63) is 70.2 Å². The summed E-state index contributed by atoms with van der Waals surface area (Å²) in [5.41, 5.74) is 0.939. The van der Waals surface area contributed by atoms with Crippen molar-refractivity contribution >= 4 is 29.3 Å². The smallest absolute Gasteiger partial charge is 0.257 e. The lowest BCUT2D eigenvalue weighted by atomic mass is 9.95. The lowest BCUT2D eigenvalue weighted by molar-refractivity contribution is -0.128. The zero-order chi connectivity index (χ0) is 26.0. The minimum atomic E-state index is -0.962. The topological polar surface area (TPSA) is 88.2 Å². The van der Waals surface area contributed by atoms with Gasteiger partial charge in [0.25, 0.3) is 11.8 Å². The zero-order valence-corrected chi connectivity index (χ0v) is 21.7. The third kappa shape index (κ3) is 5.23. The van der Waals surface area contributed by atoms with E-state index in [-0.39, 0.29) is 30.4 Å². The number of nitrogens with one attached hydrogen (secondary N) is 1. The van der Waals surface area contributed by atoms with Gasteiger partial charge in [-0.1, -0.05) is 35.9 Å². The molecule has 0 radical (unpaired) electrons. The average Bonchev–Trinajstić information content (AvgIpc) is 3.56. The molecular formula is C28H32ClN3O5. The van der Waals surface area contributed by atoms with Gasteiger partial charge in [0.15, 0.2) is 0 Å². The maximum Gasteiger partial charge on any atom is 0.257 e. The number of piperidine rings is 1. The van der Waals surface area contributed by atoms with Crippen molar-refractivity contribution in [2.75, 3.05) is 32.8 Å². The van der Waals surface area contributed by atoms with E-state index in [9.17, 15) is 14.4 Å². The third-order valence-electron chi connectivity index (χ3n) is 7.59. The summed E-state index contributed by atoms with van der Waals surface area (Å²) in [6.07, 6.45) is 2.71. The molecule has 3 aliphatic heterocycles. The fourth-order valence-corrected chi connectivity index (χ4v) is 5.70. The van der Waals surface area contributed by atoms with Gasteiger partial charge in [-0.05, 0) is 49.6 Å². The molecular weight excluding hydrogens is 494 g/mol. The molecule has 8 nitrogen and oxygen atoms in total. The number of likely N-dealkylation sites (tertiary alicyclic amines) is 1. The Bertz CT molecular complexity index is 1170. The fraction of sp³-hybridized carbons (Fsp3) is 0.464. The number of hydrogen-bond donors (Lipinski definition) is 1. The standard InChI is InChI=1S/C28H32ClN3O5/c1-19-6-2-3-10-23(19)27(35)32-24(25(33)30-17-22-9-5-15-36-22)18-37-28(32)11-13-31(14-12-28)26(34)20-7-4-8-21(29)16-20/h2-4,6-8,10,16,22,24H,5,9,11-15,17-18H2,1H3,(H,30,33)/t22-,24-/m1/s1. The Kier molecular flexibility index (Phi) is 7.51. The summed E-state index contributed by atoms with van der Waals surface area (Å²) in [6.45, 7) is 3.91. The van der Waals surface area contributed by atoms with E-state index in [2.05, 4.69) is 5.32 Å². The van der Waals surface area contributed by atoms with Crippen molar-refractivity contribution in [2.24, 2.45) is 0 Å². The summed E-state index contributed by atoms with van der Waals surface area (Å²) in [7, 11) is 0. The summed E-state index contributed by atoms with van der Waals surface area (Å²) in [4.78, 5) is 43.7. The highest BCUT2D eigenvalue weighted by Crippen LogP contribution is 2.39. The molecule has 2 atom stereocenters. The maximum atomic E-state index is 13.9. The van der Waals surface area contributed by atoms with Gasteiger partial charge >= 0.3 is 0 Å². The number of benzene rings is 2. The molecule has 1 N–H and O–H groups in total. The first-order chi connectivity index (χ1) is 17.9. The Hall–Kier alpha value is -2.94. The van der Waals surface area contributed by atoms with E-state index >= 15 is 0 Å². The predicted octanol–water partition coefficient (Wildman–Crippen LogP) is 3.42. The number of carbonyl (C=O) groups is 3. The van der Waals surface area contributed by atoms with Crippen LogP contribution in [0.2, 0.25) is 5.02 Å². The van der Waals surface area contributed by atoms with Crippen LogP contribution in [0.4, 0.5) is 0 Å². The van der Waals surface area contributed by atoms with Crippen molar-refractivity contribution in [1.82, 2.24) is 15.1 Å². The monoisotopic (exact) mass is 525 g/mol. The van der Waals surface area contributed by atoms with Crippen molar-refractivity contribution in [3.63, 3.8) is 0 Å². The van der Waals surface area contributed by atoms with Gasteiger partial charge in [-0.25, -0.2) is 0 Å². The molecule has 3 fully saturated rings. The Morgan fingerprint density at radius 1 is 1.08 bits per heavy atom. The molecule has 0 bridgehead atoms. The quantitative estimate of drug-likeness (QED) is 0.646. The first kappa shape index (κ1) is 25.7. The van der Waals surface area contributed by atoms with Crippen LogP contribution in [0, 0.1) is 6.92 Å². The second kappa shape index (κ2) is 10.8. The molecule has 2 aromatic rings. The highest BCUT2D eigenvalue weighted by Gasteiger charge is 2.54. The number of rotatable bonds is 5. The number of carbonyl (C=O) groups excluding carboxylic acids is 3. The molecule has 196 valence electrons. The number of amides is 3. The van der Waals surface area contributed by atoms with Crippen LogP contribution in [0.15, 0.2) is 48.5 Å². The van der Waals surface area contributed by atoms with E-state index in [0.717, 1.165) is 18.4 Å². The van der Waals surface area contributed by atoms with E-state index in [4.69, 9.17) is 21.1 Å². The summed E-state index contributed by atoms with van der Waals surface area (Å²) in [5.74, 6) is -0.591. The Balaban J connectivity index is 1.36. The normalized spacial score (nSPS) is 22.9. The second-order valence-electron chi connectivity index (χ2n) is 9.95. The minimum absolute atomic E-state index is 0.00138. The Morgan fingerprint density at radius 2 is 1.86 bits per heavy atom. The lowest BCUT2D eigenvalue weighted by Crippen LogP contribution is -2.60. The summed E-state index contributed by atoms with van der Waals surface area (Å²) in [5, 5.41) is 3.48. The number of ether oxygens (including phenoxy) is 2. The largest absolute Gasteiger partial charge is 0.376 e. The highest BCUT2D eigenvalue weighted by atomic mass is 35.5. The van der Waals surface area contributed by atoms with Gasteiger partial charge in [-0.2, -0.15) is 0 Å². The molecule has 0 saturated carbocycles. The fourth-order valence-electron chi connectivity index (χ4n) is 5.51. The maximum absolute atomic E-state index is 13.9. The van der Waals surface area contributed by atoms with E-state index in [1.54, 1.807) is 40.1 Å². The van der Waals surface area contributed by atoms with E-state index in [1.165, 1.54) is 0 Å². The number of halogens is 1. The minimum Gasteiger partial charge on any atom is -0.376 e. The van der Waals surface area contributed by atoms with Crippen LogP contribution >= 0.6 is 11.6 Å². The van der Waals surface area contributed by atoms with Crippen LogP contribution in [0.1, 0.15) is 52.0 Å². The van der Waals surface area contributed by atoms with Gasteiger partial charge in [0.2, 0.25) is 5.91 Å².